The van der Waals surface area contributed by atoms with Crippen molar-refractivity contribution in [2.24, 2.45) is 0 Å². The molecule has 0 N–H and O–H groups in total. The third-order valence-electron chi connectivity index (χ3n) is 4.20. The number of nitrogens with zero attached hydrogens (tertiary/aromatic N) is 3. The standard InChI is InChI=1S/C17H18ClN3S2/c1-20-4-6-21(7-5-20)17-19-14(11-22-17)10-15-9-12-8-13(18)2-3-16(12)23-15/h2-3,8-9,11H,4-7,10H2,1H3. The minimum atomic E-state index is 0.799. The largest absolute Gasteiger partial charge is 0.346 e. The summed E-state index contributed by atoms with van der Waals surface area (Å²) in [5.74, 6) is 0. The highest BCUT2D eigenvalue weighted by Gasteiger charge is 2.17. The van der Waals surface area contributed by atoms with Crippen LogP contribution in [0.15, 0.2) is 29.6 Å². The average molecular weight is 364 g/mol. The predicted molar refractivity (Wildman–Crippen MR) is 101 cm³/mol. The number of halogens is 1. The maximum atomic E-state index is 6.07. The van der Waals surface area contributed by atoms with E-state index >= 15 is 0 Å². The van der Waals surface area contributed by atoms with Gasteiger partial charge in [-0.15, -0.1) is 22.7 Å². The Morgan fingerprint density at radius 2 is 2.00 bits per heavy atom. The number of aromatic nitrogens is 1. The number of anilines is 1. The van der Waals surface area contributed by atoms with Gasteiger partial charge in [0.25, 0.3) is 0 Å². The van der Waals surface area contributed by atoms with E-state index in [9.17, 15) is 0 Å². The van der Waals surface area contributed by atoms with Gasteiger partial charge in [-0.3, -0.25) is 0 Å². The minimum Gasteiger partial charge on any atom is -0.346 e. The quantitative estimate of drug-likeness (QED) is 0.689. The number of rotatable bonds is 3. The van der Waals surface area contributed by atoms with Crippen LogP contribution >= 0.6 is 34.3 Å². The second kappa shape index (κ2) is 6.40. The van der Waals surface area contributed by atoms with Gasteiger partial charge in [-0.1, -0.05) is 11.6 Å². The lowest BCUT2D eigenvalue weighted by Crippen LogP contribution is -2.44. The molecule has 4 rings (SSSR count). The zero-order chi connectivity index (χ0) is 15.8. The zero-order valence-corrected chi connectivity index (χ0v) is 15.3. The van der Waals surface area contributed by atoms with Crippen LogP contribution < -0.4 is 4.90 Å². The summed E-state index contributed by atoms with van der Waals surface area (Å²) in [6.45, 7) is 4.38. The number of piperazine rings is 1. The van der Waals surface area contributed by atoms with Crippen LogP contribution in [0.5, 0.6) is 0 Å². The lowest BCUT2D eigenvalue weighted by molar-refractivity contribution is 0.312. The van der Waals surface area contributed by atoms with Crippen molar-refractivity contribution in [2.45, 2.75) is 6.42 Å². The van der Waals surface area contributed by atoms with Crippen molar-refractivity contribution in [1.29, 1.82) is 0 Å². The molecule has 2 aromatic heterocycles. The molecule has 3 aromatic rings. The van der Waals surface area contributed by atoms with Gasteiger partial charge in [0.2, 0.25) is 0 Å². The average Bonchev–Trinajstić information content (AvgIpc) is 3.14. The molecule has 1 fully saturated rings. The van der Waals surface area contributed by atoms with Gasteiger partial charge in [-0.25, -0.2) is 4.98 Å². The van der Waals surface area contributed by atoms with E-state index in [-0.39, 0.29) is 0 Å². The SMILES string of the molecule is CN1CCN(c2nc(Cc3cc4cc(Cl)ccc4s3)cs2)CC1. The van der Waals surface area contributed by atoms with Gasteiger partial charge in [0, 0.05) is 52.6 Å². The Morgan fingerprint density at radius 3 is 2.83 bits per heavy atom. The highest BCUT2D eigenvalue weighted by atomic mass is 35.5. The first kappa shape index (κ1) is 15.4. The Balaban J connectivity index is 1.50. The Labute approximate surface area is 149 Å². The van der Waals surface area contributed by atoms with Gasteiger partial charge in [-0.2, -0.15) is 0 Å². The van der Waals surface area contributed by atoms with E-state index in [4.69, 9.17) is 16.6 Å². The topological polar surface area (TPSA) is 19.4 Å². The van der Waals surface area contributed by atoms with Gasteiger partial charge < -0.3 is 9.80 Å². The van der Waals surface area contributed by atoms with E-state index in [1.165, 1.54) is 20.7 Å². The molecule has 1 aliphatic rings. The molecular formula is C17H18ClN3S2. The molecule has 0 aliphatic carbocycles. The molecule has 0 atom stereocenters. The number of hydrogen-bond donors (Lipinski definition) is 0. The van der Waals surface area contributed by atoms with Gasteiger partial charge in [0.1, 0.15) is 0 Å². The van der Waals surface area contributed by atoms with Crippen molar-refractivity contribution in [2.75, 3.05) is 38.1 Å². The van der Waals surface area contributed by atoms with Crippen molar-refractivity contribution in [3.8, 4) is 0 Å². The van der Waals surface area contributed by atoms with Crippen LogP contribution in [0.25, 0.3) is 10.1 Å². The molecule has 1 aliphatic heterocycles. The van der Waals surface area contributed by atoms with E-state index < -0.39 is 0 Å². The molecule has 0 saturated carbocycles. The molecule has 0 amide bonds. The van der Waals surface area contributed by atoms with Crippen LogP contribution in [-0.4, -0.2) is 43.1 Å². The molecular weight excluding hydrogens is 346 g/mol. The van der Waals surface area contributed by atoms with Crippen LogP contribution in [0.1, 0.15) is 10.6 Å². The third-order valence-corrected chi connectivity index (χ3v) is 6.50. The highest BCUT2D eigenvalue weighted by molar-refractivity contribution is 7.19. The summed E-state index contributed by atoms with van der Waals surface area (Å²) in [6.07, 6.45) is 0.904. The summed E-state index contributed by atoms with van der Waals surface area (Å²) in [4.78, 5) is 11.0. The van der Waals surface area contributed by atoms with E-state index in [1.54, 1.807) is 11.3 Å². The molecule has 0 spiro atoms. The smallest absolute Gasteiger partial charge is 0.185 e. The molecule has 0 radical (unpaired) electrons. The summed E-state index contributed by atoms with van der Waals surface area (Å²) < 4.78 is 1.29. The number of thiazole rings is 1. The lowest BCUT2D eigenvalue weighted by atomic mass is 10.2. The summed E-state index contributed by atoms with van der Waals surface area (Å²) >= 11 is 9.67. The monoisotopic (exact) mass is 363 g/mol. The summed E-state index contributed by atoms with van der Waals surface area (Å²) in [5, 5.41) is 5.39. The number of hydrogen-bond acceptors (Lipinski definition) is 5. The van der Waals surface area contributed by atoms with E-state index in [2.05, 4.69) is 34.4 Å². The van der Waals surface area contributed by atoms with Gasteiger partial charge in [0.05, 0.1) is 5.69 Å². The Kier molecular flexibility index (Phi) is 4.28. The van der Waals surface area contributed by atoms with Crippen molar-refractivity contribution < 1.29 is 0 Å². The summed E-state index contributed by atoms with van der Waals surface area (Å²) in [5.41, 5.74) is 1.17. The molecule has 0 bridgehead atoms. The van der Waals surface area contributed by atoms with Crippen molar-refractivity contribution in [3.05, 3.63) is 45.2 Å². The minimum absolute atomic E-state index is 0.799. The van der Waals surface area contributed by atoms with Crippen molar-refractivity contribution in [1.82, 2.24) is 9.88 Å². The Bertz CT molecular complexity index is 818. The fourth-order valence-electron chi connectivity index (χ4n) is 2.86. The maximum absolute atomic E-state index is 6.07. The molecule has 3 heterocycles. The van der Waals surface area contributed by atoms with E-state index in [0.717, 1.165) is 42.8 Å². The Hall–Kier alpha value is -1.14. The number of likely N-dealkylation sites (N-methyl/N-ethyl adjacent to an activating group) is 1. The molecule has 3 nitrogen and oxygen atoms in total. The zero-order valence-electron chi connectivity index (χ0n) is 13.0. The molecule has 1 saturated heterocycles. The number of fused-ring (bicyclic) bond motifs is 1. The summed E-state index contributed by atoms with van der Waals surface area (Å²) in [6, 6.07) is 8.33. The number of benzene rings is 1. The van der Waals surface area contributed by atoms with E-state index in [1.807, 2.05) is 23.5 Å². The van der Waals surface area contributed by atoms with E-state index in [0.29, 0.717) is 0 Å². The second-order valence-electron chi connectivity index (χ2n) is 5.98. The van der Waals surface area contributed by atoms with Gasteiger partial charge >= 0.3 is 0 Å². The summed E-state index contributed by atoms with van der Waals surface area (Å²) in [7, 11) is 2.18. The highest BCUT2D eigenvalue weighted by Crippen LogP contribution is 2.30. The number of thiophene rings is 1. The molecule has 1 aromatic carbocycles. The van der Waals surface area contributed by atoms with Crippen LogP contribution in [0.2, 0.25) is 5.02 Å². The first-order valence-electron chi connectivity index (χ1n) is 7.73. The third kappa shape index (κ3) is 3.38. The predicted octanol–water partition coefficient (Wildman–Crippen LogP) is 4.35. The normalized spacial score (nSPS) is 16.3. The van der Waals surface area contributed by atoms with Crippen molar-refractivity contribution in [3.63, 3.8) is 0 Å². The fraction of sp³-hybridized carbons (Fsp3) is 0.353. The van der Waals surface area contributed by atoms with Crippen LogP contribution in [-0.2, 0) is 6.42 Å². The maximum Gasteiger partial charge on any atom is 0.185 e. The van der Waals surface area contributed by atoms with Crippen molar-refractivity contribution >= 4 is 49.5 Å². The lowest BCUT2D eigenvalue weighted by Gasteiger charge is -2.32. The van der Waals surface area contributed by atoms with Crippen LogP contribution in [0.3, 0.4) is 0 Å². The molecule has 0 unspecified atom stereocenters. The first-order chi connectivity index (χ1) is 11.2. The molecule has 6 heteroatoms. The van der Waals surface area contributed by atoms with Crippen LogP contribution in [0, 0.1) is 0 Å². The Morgan fingerprint density at radius 1 is 1.17 bits per heavy atom. The van der Waals surface area contributed by atoms with Gasteiger partial charge in [-0.05, 0) is 36.7 Å². The first-order valence-corrected chi connectivity index (χ1v) is 9.81. The van der Waals surface area contributed by atoms with Crippen LogP contribution in [0.4, 0.5) is 5.13 Å². The molecule has 120 valence electrons. The van der Waals surface area contributed by atoms with Gasteiger partial charge in [0.15, 0.2) is 5.13 Å². The second-order valence-corrected chi connectivity index (χ2v) is 8.42. The fourth-order valence-corrected chi connectivity index (χ4v) is 4.98. The molecule has 23 heavy (non-hydrogen) atoms.